The number of aromatic nitrogens is 1. The second kappa shape index (κ2) is 7.59. The van der Waals surface area contributed by atoms with Crippen LogP contribution in [0.4, 0.5) is 10.8 Å². The number of carbonyl (C=O) groups is 1. The monoisotopic (exact) mass is 339 g/mol. The number of rotatable bonds is 5. The summed E-state index contributed by atoms with van der Waals surface area (Å²) in [5.41, 5.74) is 2.21. The molecule has 1 aromatic heterocycles. The van der Waals surface area contributed by atoms with Crippen LogP contribution in [-0.4, -0.2) is 17.8 Å². The third kappa shape index (κ3) is 3.65. The molecule has 0 saturated heterocycles. The van der Waals surface area contributed by atoms with Gasteiger partial charge in [0.15, 0.2) is 11.4 Å². The van der Waals surface area contributed by atoms with Crippen molar-refractivity contribution in [3.63, 3.8) is 0 Å². The second-order valence-corrected chi connectivity index (χ2v) is 7.51. The molecule has 4 nitrogen and oxygen atoms in total. The van der Waals surface area contributed by atoms with E-state index in [-0.39, 0.29) is 0 Å². The SMILES string of the molecule is Cc1sc(N(CC2CCCCC2)c2ccc(C#N)cc2)nc1C=O. The van der Waals surface area contributed by atoms with Crippen LogP contribution in [0.15, 0.2) is 24.3 Å². The van der Waals surface area contributed by atoms with Crippen LogP contribution < -0.4 is 4.90 Å². The first-order valence-electron chi connectivity index (χ1n) is 8.41. The van der Waals surface area contributed by atoms with Crippen LogP contribution in [0.1, 0.15) is 53.0 Å². The average Bonchev–Trinajstić information content (AvgIpc) is 3.01. The number of nitrogens with zero attached hydrogens (tertiary/aromatic N) is 3. The average molecular weight is 339 g/mol. The summed E-state index contributed by atoms with van der Waals surface area (Å²) in [6, 6.07) is 9.78. The normalized spacial score (nSPS) is 15.0. The van der Waals surface area contributed by atoms with Crippen molar-refractivity contribution < 1.29 is 4.79 Å². The van der Waals surface area contributed by atoms with Gasteiger partial charge < -0.3 is 4.90 Å². The lowest BCUT2D eigenvalue weighted by atomic mass is 9.89. The highest BCUT2D eigenvalue weighted by molar-refractivity contribution is 7.15. The Hall–Kier alpha value is -2.19. The quantitative estimate of drug-likeness (QED) is 0.730. The summed E-state index contributed by atoms with van der Waals surface area (Å²) >= 11 is 1.56. The van der Waals surface area contributed by atoms with Crippen LogP contribution >= 0.6 is 11.3 Å². The summed E-state index contributed by atoms with van der Waals surface area (Å²) in [6.45, 7) is 2.85. The van der Waals surface area contributed by atoms with Crippen molar-refractivity contribution in [2.45, 2.75) is 39.0 Å². The van der Waals surface area contributed by atoms with Gasteiger partial charge in [0.1, 0.15) is 5.69 Å². The molecular weight excluding hydrogens is 318 g/mol. The minimum atomic E-state index is 0.525. The lowest BCUT2D eigenvalue weighted by Crippen LogP contribution is -2.26. The second-order valence-electron chi connectivity index (χ2n) is 6.33. The van der Waals surface area contributed by atoms with E-state index >= 15 is 0 Å². The maximum atomic E-state index is 11.2. The lowest BCUT2D eigenvalue weighted by Gasteiger charge is -2.29. The van der Waals surface area contributed by atoms with Crippen LogP contribution in [0, 0.1) is 24.2 Å². The fourth-order valence-electron chi connectivity index (χ4n) is 3.26. The Morgan fingerprint density at radius 1 is 1.29 bits per heavy atom. The summed E-state index contributed by atoms with van der Waals surface area (Å²) < 4.78 is 0. The Morgan fingerprint density at radius 3 is 2.58 bits per heavy atom. The van der Waals surface area contributed by atoms with Crippen molar-refractivity contribution in [1.29, 1.82) is 5.26 Å². The number of aryl methyl sites for hydroxylation is 1. The molecule has 2 aromatic rings. The predicted octanol–water partition coefficient (Wildman–Crippen LogP) is 4.85. The number of hydrogen-bond donors (Lipinski definition) is 0. The van der Waals surface area contributed by atoms with Crippen LogP contribution in [0.2, 0.25) is 0 Å². The Kier molecular flexibility index (Phi) is 5.27. The largest absolute Gasteiger partial charge is 0.318 e. The molecule has 1 heterocycles. The van der Waals surface area contributed by atoms with Gasteiger partial charge in [0, 0.05) is 17.1 Å². The van der Waals surface area contributed by atoms with E-state index in [9.17, 15) is 4.79 Å². The number of benzene rings is 1. The van der Waals surface area contributed by atoms with Gasteiger partial charge in [-0.1, -0.05) is 19.3 Å². The van der Waals surface area contributed by atoms with Gasteiger partial charge in [-0.15, -0.1) is 11.3 Å². The molecule has 124 valence electrons. The first kappa shape index (κ1) is 16.7. The third-order valence-corrected chi connectivity index (χ3v) is 5.65. The van der Waals surface area contributed by atoms with Crippen LogP contribution in [0.25, 0.3) is 0 Å². The zero-order valence-corrected chi connectivity index (χ0v) is 14.7. The molecule has 5 heteroatoms. The van der Waals surface area contributed by atoms with E-state index < -0.39 is 0 Å². The van der Waals surface area contributed by atoms with Crippen molar-refractivity contribution in [3.8, 4) is 6.07 Å². The summed E-state index contributed by atoms with van der Waals surface area (Å²) in [7, 11) is 0. The molecule has 1 aliphatic rings. The minimum absolute atomic E-state index is 0.525. The van der Waals surface area contributed by atoms with E-state index in [4.69, 9.17) is 5.26 Å². The summed E-state index contributed by atoms with van der Waals surface area (Å²) in [5, 5.41) is 9.87. The smallest absolute Gasteiger partial charge is 0.190 e. The number of thiazole rings is 1. The Labute approximate surface area is 146 Å². The van der Waals surface area contributed by atoms with Gasteiger partial charge in [0.2, 0.25) is 0 Å². The van der Waals surface area contributed by atoms with Crippen molar-refractivity contribution in [3.05, 3.63) is 40.4 Å². The summed E-state index contributed by atoms with van der Waals surface area (Å²) in [6.07, 6.45) is 7.24. The van der Waals surface area contributed by atoms with Gasteiger partial charge in [-0.05, 0) is 49.9 Å². The number of nitriles is 1. The van der Waals surface area contributed by atoms with Gasteiger partial charge >= 0.3 is 0 Å². The molecule has 0 amide bonds. The molecule has 0 aliphatic heterocycles. The molecule has 0 unspecified atom stereocenters. The molecule has 1 aromatic carbocycles. The fourth-order valence-corrected chi connectivity index (χ4v) is 4.16. The highest BCUT2D eigenvalue weighted by Crippen LogP contribution is 2.34. The molecule has 1 aliphatic carbocycles. The topological polar surface area (TPSA) is 57.0 Å². The van der Waals surface area contributed by atoms with E-state index in [1.165, 1.54) is 32.1 Å². The Morgan fingerprint density at radius 2 is 2.00 bits per heavy atom. The zero-order valence-electron chi connectivity index (χ0n) is 13.9. The van der Waals surface area contributed by atoms with Crippen molar-refractivity contribution in [2.24, 2.45) is 5.92 Å². The van der Waals surface area contributed by atoms with E-state index in [0.29, 0.717) is 17.2 Å². The van der Waals surface area contributed by atoms with Gasteiger partial charge in [-0.3, -0.25) is 4.79 Å². The molecule has 1 saturated carbocycles. The molecule has 0 spiro atoms. The Balaban J connectivity index is 1.92. The van der Waals surface area contributed by atoms with Crippen molar-refractivity contribution >= 4 is 28.4 Å². The van der Waals surface area contributed by atoms with Crippen LogP contribution in [-0.2, 0) is 0 Å². The highest BCUT2D eigenvalue weighted by Gasteiger charge is 2.22. The maximum Gasteiger partial charge on any atom is 0.190 e. The molecule has 3 rings (SSSR count). The van der Waals surface area contributed by atoms with Crippen molar-refractivity contribution in [2.75, 3.05) is 11.4 Å². The molecule has 0 N–H and O–H groups in total. The zero-order chi connectivity index (χ0) is 16.9. The first-order chi connectivity index (χ1) is 11.7. The molecule has 0 atom stereocenters. The van der Waals surface area contributed by atoms with E-state index in [2.05, 4.69) is 16.0 Å². The van der Waals surface area contributed by atoms with E-state index in [1.54, 1.807) is 11.3 Å². The number of aldehydes is 1. The third-order valence-electron chi connectivity index (χ3n) is 4.64. The molecule has 24 heavy (non-hydrogen) atoms. The standard InChI is InChI=1S/C19H21N3OS/c1-14-18(13-23)21-19(24-14)22(12-16-5-3-2-4-6-16)17-9-7-15(11-20)8-10-17/h7-10,13,16H,2-6,12H2,1H3. The maximum absolute atomic E-state index is 11.2. The molecule has 1 fully saturated rings. The van der Waals surface area contributed by atoms with E-state index in [1.807, 2.05) is 31.2 Å². The van der Waals surface area contributed by atoms with Gasteiger partial charge in [0.25, 0.3) is 0 Å². The van der Waals surface area contributed by atoms with Gasteiger partial charge in [-0.2, -0.15) is 5.26 Å². The Bertz CT molecular complexity index is 739. The molecule has 0 radical (unpaired) electrons. The summed E-state index contributed by atoms with van der Waals surface area (Å²) in [5.74, 6) is 0.651. The lowest BCUT2D eigenvalue weighted by molar-refractivity contribution is 0.111. The van der Waals surface area contributed by atoms with E-state index in [0.717, 1.165) is 28.5 Å². The fraction of sp³-hybridized carbons (Fsp3) is 0.421. The number of hydrogen-bond acceptors (Lipinski definition) is 5. The molecular formula is C19H21N3OS. The first-order valence-corrected chi connectivity index (χ1v) is 9.23. The minimum Gasteiger partial charge on any atom is -0.318 e. The predicted molar refractivity (Wildman–Crippen MR) is 97.0 cm³/mol. The van der Waals surface area contributed by atoms with Crippen molar-refractivity contribution in [1.82, 2.24) is 4.98 Å². The molecule has 0 bridgehead atoms. The van der Waals surface area contributed by atoms with Gasteiger partial charge in [-0.25, -0.2) is 4.98 Å². The number of anilines is 2. The van der Waals surface area contributed by atoms with Crippen LogP contribution in [0.5, 0.6) is 0 Å². The van der Waals surface area contributed by atoms with Gasteiger partial charge in [0.05, 0.1) is 11.6 Å². The highest BCUT2D eigenvalue weighted by atomic mass is 32.1. The van der Waals surface area contributed by atoms with Crippen LogP contribution in [0.3, 0.4) is 0 Å². The summed E-state index contributed by atoms with van der Waals surface area (Å²) in [4.78, 5) is 18.8. The number of carbonyl (C=O) groups excluding carboxylic acids is 1.